The van der Waals surface area contributed by atoms with Crippen molar-refractivity contribution in [2.24, 2.45) is 0 Å². The van der Waals surface area contributed by atoms with E-state index < -0.39 is 0 Å². The van der Waals surface area contributed by atoms with E-state index in [2.05, 4.69) is 143 Å². The molecule has 0 saturated carbocycles. The number of aromatic nitrogens is 5. The quantitative estimate of drug-likeness (QED) is 0.199. The summed E-state index contributed by atoms with van der Waals surface area (Å²) in [4.78, 5) is 14.7. The second-order valence-electron chi connectivity index (χ2n) is 11.0. The van der Waals surface area contributed by atoms with Crippen LogP contribution in [0.4, 0.5) is 0 Å². The summed E-state index contributed by atoms with van der Waals surface area (Å²) < 4.78 is 4.19. The third kappa shape index (κ3) is 3.98. The lowest BCUT2D eigenvalue weighted by molar-refractivity contribution is 0.885. The molecule has 0 N–H and O–H groups in total. The lowest BCUT2D eigenvalue weighted by Crippen LogP contribution is -2.10. The molecule has 6 aromatic carbocycles. The molecule has 0 atom stereocenters. The van der Waals surface area contributed by atoms with Gasteiger partial charge in [-0.25, -0.2) is 0 Å². The Hall–Kier alpha value is -5.78. The summed E-state index contributed by atoms with van der Waals surface area (Å²) >= 11 is 6.81. The monoisotopic (exact) mass is 597 g/mol. The molecule has 0 aliphatic rings. The Balaban J connectivity index is 1.51. The maximum atomic E-state index is 6.81. The van der Waals surface area contributed by atoms with Gasteiger partial charge in [0, 0.05) is 21.5 Å². The summed E-state index contributed by atoms with van der Waals surface area (Å²) in [6, 6.07) is 50.6. The van der Waals surface area contributed by atoms with E-state index in [4.69, 9.17) is 26.6 Å². The largest absolute Gasteiger partial charge is 0.278 e. The Bertz CT molecular complexity index is 2530. The molecule has 5 nitrogen and oxygen atoms in total. The van der Waals surface area contributed by atoms with E-state index in [1.807, 2.05) is 12.1 Å². The predicted octanol–water partition coefficient (Wildman–Crippen LogP) is 10.1. The van der Waals surface area contributed by atoms with Gasteiger partial charge in [0.05, 0.1) is 22.1 Å². The molecule has 3 aromatic heterocycles. The average Bonchev–Trinajstić information content (AvgIpc) is 3.44. The van der Waals surface area contributed by atoms with Crippen LogP contribution in [0.2, 0.25) is 5.28 Å². The minimum absolute atomic E-state index is 0.118. The van der Waals surface area contributed by atoms with Gasteiger partial charge in [0.1, 0.15) is 0 Å². The molecule has 0 fully saturated rings. The van der Waals surface area contributed by atoms with Crippen molar-refractivity contribution in [2.45, 2.75) is 0 Å². The Labute approximate surface area is 262 Å². The average molecular weight is 598 g/mol. The lowest BCUT2D eigenvalue weighted by atomic mass is 10.0. The van der Waals surface area contributed by atoms with Crippen molar-refractivity contribution in [3.05, 3.63) is 151 Å². The van der Waals surface area contributed by atoms with Crippen LogP contribution in [-0.4, -0.2) is 24.1 Å². The summed E-state index contributed by atoms with van der Waals surface area (Å²) in [6.45, 7) is 0. The van der Waals surface area contributed by atoms with Crippen LogP contribution < -0.4 is 0 Å². The Kier molecular flexibility index (Phi) is 5.80. The summed E-state index contributed by atoms with van der Waals surface area (Å²) in [5, 5.41) is 9.07. The number of fused-ring (bicyclic) bond motifs is 10. The molecule has 0 spiro atoms. The fourth-order valence-corrected chi connectivity index (χ4v) is 6.86. The van der Waals surface area contributed by atoms with Crippen molar-refractivity contribution >= 4 is 76.8 Å². The fourth-order valence-electron chi connectivity index (χ4n) is 6.71. The highest BCUT2D eigenvalue weighted by Crippen LogP contribution is 2.35. The van der Waals surface area contributed by atoms with E-state index in [0.717, 1.165) is 65.2 Å². The van der Waals surface area contributed by atoms with Gasteiger partial charge in [0.25, 0.3) is 0 Å². The molecule has 0 bridgehead atoms. The van der Waals surface area contributed by atoms with Crippen LogP contribution in [0.5, 0.6) is 0 Å². The molecular formula is C39H24ClN5. The molecular weight excluding hydrogens is 574 g/mol. The van der Waals surface area contributed by atoms with Gasteiger partial charge in [-0.1, -0.05) is 121 Å². The van der Waals surface area contributed by atoms with Crippen LogP contribution >= 0.6 is 11.6 Å². The summed E-state index contributed by atoms with van der Waals surface area (Å²) in [7, 11) is 0. The maximum Gasteiger partial charge on any atom is 0.240 e. The van der Waals surface area contributed by atoms with Crippen molar-refractivity contribution in [1.29, 1.82) is 0 Å². The summed E-state index contributed by atoms with van der Waals surface area (Å²) in [6.07, 6.45) is 0. The van der Waals surface area contributed by atoms with E-state index >= 15 is 0 Å². The van der Waals surface area contributed by atoms with Gasteiger partial charge < -0.3 is 0 Å². The van der Waals surface area contributed by atoms with Gasteiger partial charge in [-0.05, 0) is 57.4 Å². The number of nitrogens with zero attached hydrogens (tertiary/aromatic N) is 5. The van der Waals surface area contributed by atoms with Crippen LogP contribution in [0, 0.1) is 0 Å². The molecule has 212 valence electrons. The Morgan fingerprint density at radius 1 is 0.311 bits per heavy atom. The maximum absolute atomic E-state index is 6.81. The van der Waals surface area contributed by atoms with Crippen LogP contribution in [0.25, 0.3) is 77.1 Å². The first-order valence-electron chi connectivity index (χ1n) is 14.8. The van der Waals surface area contributed by atoms with Gasteiger partial charge in [0.2, 0.25) is 17.2 Å². The van der Waals surface area contributed by atoms with Crippen molar-refractivity contribution < 1.29 is 0 Å². The standard InChI is InChI=1S/C39H24ClN5/c40-37-41-38(43-39(42-37)45-35-23-11-7-19-31(35)32-20-8-12-24-36(32)45)44-33-21-9-5-17-29(33)27-15-3-1-13-25(27)26-14-2-4-16-28(26)30-18-6-10-22-34(30)44/h1-24H. The SMILES string of the molecule is Clc1nc(-n2c3ccccc3c3ccccc3c3ccccc3c3ccccc32)nc(-n2c3ccccc3c3ccccc32)n1. The molecule has 0 unspecified atom stereocenters. The molecule has 9 aromatic rings. The minimum Gasteiger partial charge on any atom is -0.278 e. The zero-order valence-electron chi connectivity index (χ0n) is 24.0. The van der Waals surface area contributed by atoms with Crippen molar-refractivity contribution in [2.75, 3.05) is 0 Å². The first-order valence-corrected chi connectivity index (χ1v) is 15.2. The molecule has 0 amide bonds. The molecule has 9 rings (SSSR count). The second kappa shape index (κ2) is 10.2. The normalized spacial score (nSPS) is 11.7. The minimum atomic E-state index is 0.118. The van der Waals surface area contributed by atoms with Crippen LogP contribution in [0.3, 0.4) is 0 Å². The summed E-state index contributed by atoms with van der Waals surface area (Å²) in [5.41, 5.74) is 3.89. The molecule has 0 radical (unpaired) electrons. The third-order valence-electron chi connectivity index (χ3n) is 8.58. The van der Waals surface area contributed by atoms with E-state index in [1.54, 1.807) is 0 Å². The van der Waals surface area contributed by atoms with Crippen LogP contribution in [-0.2, 0) is 0 Å². The first-order chi connectivity index (χ1) is 22.3. The molecule has 0 saturated heterocycles. The van der Waals surface area contributed by atoms with E-state index in [-0.39, 0.29) is 5.28 Å². The van der Waals surface area contributed by atoms with E-state index in [0.29, 0.717) is 11.9 Å². The molecule has 3 heterocycles. The summed E-state index contributed by atoms with van der Waals surface area (Å²) in [5.74, 6) is 0.890. The number of rotatable bonds is 2. The molecule has 0 aliphatic carbocycles. The third-order valence-corrected chi connectivity index (χ3v) is 8.75. The smallest absolute Gasteiger partial charge is 0.240 e. The molecule has 6 heteroatoms. The van der Waals surface area contributed by atoms with Gasteiger partial charge >= 0.3 is 0 Å². The van der Waals surface area contributed by atoms with E-state index in [9.17, 15) is 0 Å². The van der Waals surface area contributed by atoms with Crippen molar-refractivity contribution in [1.82, 2.24) is 24.1 Å². The number of hydrogen-bond donors (Lipinski definition) is 0. The van der Waals surface area contributed by atoms with Gasteiger partial charge in [-0.2, -0.15) is 15.0 Å². The highest BCUT2D eigenvalue weighted by atomic mass is 35.5. The fraction of sp³-hybridized carbons (Fsp3) is 0. The molecule has 45 heavy (non-hydrogen) atoms. The van der Waals surface area contributed by atoms with Crippen molar-refractivity contribution in [3.63, 3.8) is 0 Å². The first kappa shape index (κ1) is 25.7. The van der Waals surface area contributed by atoms with Crippen LogP contribution in [0.15, 0.2) is 146 Å². The van der Waals surface area contributed by atoms with E-state index in [1.165, 1.54) is 0 Å². The van der Waals surface area contributed by atoms with Gasteiger partial charge in [-0.15, -0.1) is 0 Å². The lowest BCUT2D eigenvalue weighted by Gasteiger charge is -2.14. The zero-order valence-corrected chi connectivity index (χ0v) is 24.7. The predicted molar refractivity (Wildman–Crippen MR) is 186 cm³/mol. The highest BCUT2D eigenvalue weighted by molar-refractivity contribution is 6.28. The highest BCUT2D eigenvalue weighted by Gasteiger charge is 2.18. The number of hydrogen-bond acceptors (Lipinski definition) is 3. The number of halogens is 1. The number of para-hydroxylation sites is 4. The second-order valence-corrected chi connectivity index (χ2v) is 11.4. The van der Waals surface area contributed by atoms with Gasteiger partial charge in [0.15, 0.2) is 0 Å². The Morgan fingerprint density at radius 2 is 0.556 bits per heavy atom. The Morgan fingerprint density at radius 3 is 0.889 bits per heavy atom. The molecule has 0 aliphatic heterocycles. The number of benzene rings is 6. The van der Waals surface area contributed by atoms with Gasteiger partial charge in [-0.3, -0.25) is 9.13 Å². The van der Waals surface area contributed by atoms with Crippen molar-refractivity contribution in [3.8, 4) is 11.9 Å². The topological polar surface area (TPSA) is 48.5 Å². The van der Waals surface area contributed by atoms with Crippen LogP contribution in [0.1, 0.15) is 0 Å². The zero-order chi connectivity index (χ0) is 29.9.